The van der Waals surface area contributed by atoms with Crippen molar-refractivity contribution in [1.29, 1.82) is 0 Å². The van der Waals surface area contributed by atoms with Gasteiger partial charge in [-0.3, -0.25) is 9.45 Å². The average Bonchev–Trinajstić information content (AvgIpc) is 2.46. The van der Waals surface area contributed by atoms with E-state index < -0.39 is 15.8 Å². The lowest BCUT2D eigenvalue weighted by molar-refractivity contribution is 0.305. The lowest BCUT2D eigenvalue weighted by Gasteiger charge is -2.45. The minimum atomic E-state index is -4.30. The molecule has 1 heterocycles. The van der Waals surface area contributed by atoms with Gasteiger partial charge < -0.3 is 11.5 Å². The number of hydrogen-bond acceptors (Lipinski definition) is 7. The third-order valence-electron chi connectivity index (χ3n) is 4.23. The number of guanidine groups is 2. The zero-order valence-corrected chi connectivity index (χ0v) is 13.3. The number of benzene rings is 1. The van der Waals surface area contributed by atoms with E-state index in [-0.39, 0.29) is 16.8 Å². The Kier molecular flexibility index (Phi) is 3.77. The second kappa shape index (κ2) is 5.50. The molecule has 1 aromatic carbocycles. The van der Waals surface area contributed by atoms with E-state index in [1.54, 1.807) is 17.0 Å². The molecule has 1 spiro atoms. The van der Waals surface area contributed by atoms with E-state index in [2.05, 4.69) is 9.98 Å². The summed E-state index contributed by atoms with van der Waals surface area (Å²) in [6.45, 7) is 0. The molecule has 8 nitrogen and oxygen atoms in total. The number of aliphatic imine (C=N–C) groups is 2. The fourth-order valence-corrected chi connectivity index (χ4v) is 3.80. The van der Waals surface area contributed by atoms with Gasteiger partial charge in [-0.2, -0.15) is 13.4 Å². The van der Waals surface area contributed by atoms with E-state index in [0.717, 1.165) is 32.1 Å². The predicted molar refractivity (Wildman–Crippen MR) is 87.8 cm³/mol. The quantitative estimate of drug-likeness (QED) is 0.690. The van der Waals surface area contributed by atoms with E-state index in [1.807, 2.05) is 0 Å². The van der Waals surface area contributed by atoms with Crippen molar-refractivity contribution >= 4 is 27.7 Å². The first-order valence-electron chi connectivity index (χ1n) is 7.39. The molecule has 0 unspecified atom stereocenters. The maximum absolute atomic E-state index is 11.4. The number of nitrogens with zero attached hydrogens (tertiary/aromatic N) is 3. The molecular weight excluding hydrogens is 318 g/mol. The van der Waals surface area contributed by atoms with Gasteiger partial charge in [-0.25, -0.2) is 4.99 Å². The molecule has 23 heavy (non-hydrogen) atoms. The van der Waals surface area contributed by atoms with Crippen LogP contribution in [0.5, 0.6) is 0 Å². The first-order valence-corrected chi connectivity index (χ1v) is 8.83. The molecule has 124 valence electrons. The molecule has 0 radical (unpaired) electrons. The largest absolute Gasteiger partial charge is 0.369 e. The molecule has 1 aromatic rings. The van der Waals surface area contributed by atoms with Gasteiger partial charge in [0.2, 0.25) is 11.9 Å². The highest BCUT2D eigenvalue weighted by Gasteiger charge is 2.42. The van der Waals surface area contributed by atoms with Crippen LogP contribution in [-0.2, 0) is 10.1 Å². The van der Waals surface area contributed by atoms with Crippen molar-refractivity contribution in [2.24, 2.45) is 21.5 Å². The van der Waals surface area contributed by atoms with Gasteiger partial charge in [0, 0.05) is 5.69 Å². The van der Waals surface area contributed by atoms with E-state index in [4.69, 9.17) is 11.5 Å². The van der Waals surface area contributed by atoms with Crippen LogP contribution in [0.4, 0.5) is 5.69 Å². The molecule has 1 fully saturated rings. The van der Waals surface area contributed by atoms with Crippen LogP contribution in [0.2, 0.25) is 0 Å². The van der Waals surface area contributed by atoms with Gasteiger partial charge in [-0.05, 0) is 43.9 Å². The van der Waals surface area contributed by atoms with Crippen LogP contribution in [0.3, 0.4) is 0 Å². The second-order valence-corrected chi connectivity index (χ2v) is 7.21. The molecule has 1 saturated carbocycles. The molecule has 1 aliphatic heterocycles. The van der Waals surface area contributed by atoms with Crippen molar-refractivity contribution in [3.63, 3.8) is 0 Å². The number of rotatable bonds is 2. The second-order valence-electron chi connectivity index (χ2n) is 5.79. The van der Waals surface area contributed by atoms with Crippen molar-refractivity contribution in [1.82, 2.24) is 0 Å². The average molecular weight is 337 g/mol. The lowest BCUT2D eigenvalue weighted by Crippen LogP contribution is -2.58. The van der Waals surface area contributed by atoms with Gasteiger partial charge in [0.1, 0.15) is 5.66 Å². The van der Waals surface area contributed by atoms with Crippen LogP contribution in [0.25, 0.3) is 0 Å². The van der Waals surface area contributed by atoms with E-state index in [0.29, 0.717) is 5.69 Å². The number of nitrogens with two attached hydrogens (primary N) is 2. The van der Waals surface area contributed by atoms with Crippen LogP contribution < -0.4 is 16.4 Å². The van der Waals surface area contributed by atoms with Gasteiger partial charge in [-0.15, -0.1) is 0 Å². The Hall–Kier alpha value is -2.13. The Bertz CT molecular complexity index is 781. The Morgan fingerprint density at radius 3 is 2.52 bits per heavy atom. The Labute approximate surface area is 134 Å². The lowest BCUT2D eigenvalue weighted by atomic mass is 9.87. The summed E-state index contributed by atoms with van der Waals surface area (Å²) in [5.41, 5.74) is 11.7. The maximum atomic E-state index is 11.4. The standard InChI is InChI=1S/C14H19N5O3S/c15-12-17-13(16)19(14(18-12)7-2-1-3-8-14)10-5-4-6-11(9-10)23(20,21)22/h4-6,9H,1-3,7-8H2,(H,20,21,22)(H4,15,16,17,18). The molecular formula is C14H19N5O3S. The van der Waals surface area contributed by atoms with Gasteiger partial charge in [0.25, 0.3) is 10.1 Å². The predicted octanol–water partition coefficient (Wildman–Crippen LogP) is 1.04. The molecule has 0 saturated heterocycles. The first-order chi connectivity index (χ1) is 10.8. The number of hydrogen-bond donors (Lipinski definition) is 3. The van der Waals surface area contributed by atoms with Gasteiger partial charge in [0.15, 0.2) is 0 Å². The summed E-state index contributed by atoms with van der Waals surface area (Å²) >= 11 is 0. The third-order valence-corrected chi connectivity index (χ3v) is 5.07. The van der Waals surface area contributed by atoms with Crippen molar-refractivity contribution in [2.45, 2.75) is 42.7 Å². The first kappa shape index (κ1) is 15.8. The van der Waals surface area contributed by atoms with Crippen molar-refractivity contribution < 1.29 is 13.0 Å². The van der Waals surface area contributed by atoms with E-state index in [9.17, 15) is 13.0 Å². The van der Waals surface area contributed by atoms with Crippen LogP contribution in [0.15, 0.2) is 39.1 Å². The van der Waals surface area contributed by atoms with Crippen LogP contribution in [-0.4, -0.2) is 30.6 Å². The topological polar surface area (TPSA) is 134 Å². The van der Waals surface area contributed by atoms with Gasteiger partial charge in [0.05, 0.1) is 4.90 Å². The highest BCUT2D eigenvalue weighted by molar-refractivity contribution is 7.85. The zero-order valence-electron chi connectivity index (χ0n) is 12.5. The minimum absolute atomic E-state index is 0.131. The van der Waals surface area contributed by atoms with Gasteiger partial charge >= 0.3 is 0 Å². The van der Waals surface area contributed by atoms with Crippen molar-refractivity contribution in [2.75, 3.05) is 4.90 Å². The van der Waals surface area contributed by atoms with Crippen LogP contribution in [0, 0.1) is 0 Å². The molecule has 0 amide bonds. The molecule has 3 rings (SSSR count). The molecule has 5 N–H and O–H groups in total. The fraction of sp³-hybridized carbons (Fsp3) is 0.429. The Morgan fingerprint density at radius 1 is 1.17 bits per heavy atom. The summed E-state index contributed by atoms with van der Waals surface area (Å²) in [5, 5.41) is 0. The van der Waals surface area contributed by atoms with E-state index in [1.165, 1.54) is 12.1 Å². The molecule has 0 aromatic heterocycles. The minimum Gasteiger partial charge on any atom is -0.369 e. The van der Waals surface area contributed by atoms with Crippen LogP contribution in [0.1, 0.15) is 32.1 Å². The summed E-state index contributed by atoms with van der Waals surface area (Å²) in [7, 11) is -4.30. The Balaban J connectivity index is 2.11. The molecule has 1 aliphatic carbocycles. The highest BCUT2D eigenvalue weighted by atomic mass is 32.2. The molecule has 9 heteroatoms. The summed E-state index contributed by atoms with van der Waals surface area (Å²) < 4.78 is 32.1. The summed E-state index contributed by atoms with van der Waals surface area (Å²) in [6.07, 6.45) is 4.55. The van der Waals surface area contributed by atoms with E-state index >= 15 is 0 Å². The fourth-order valence-electron chi connectivity index (χ4n) is 3.28. The Morgan fingerprint density at radius 2 is 1.87 bits per heavy atom. The summed E-state index contributed by atoms with van der Waals surface area (Å²) in [5.74, 6) is 0.304. The smallest absolute Gasteiger partial charge is 0.294 e. The third kappa shape index (κ3) is 2.89. The molecule has 0 bridgehead atoms. The normalized spacial score (nSPS) is 21.0. The molecule has 0 atom stereocenters. The zero-order chi connectivity index (χ0) is 16.7. The number of anilines is 1. The van der Waals surface area contributed by atoms with Gasteiger partial charge in [-0.1, -0.05) is 12.5 Å². The monoisotopic (exact) mass is 337 g/mol. The highest BCUT2D eigenvalue weighted by Crippen LogP contribution is 2.39. The molecule has 2 aliphatic rings. The van der Waals surface area contributed by atoms with Crippen molar-refractivity contribution in [3.05, 3.63) is 24.3 Å². The SMILES string of the molecule is NC1=NC2(CCCCC2)N(c2cccc(S(=O)(=O)O)c2)C(N)=N1. The maximum Gasteiger partial charge on any atom is 0.294 e. The summed E-state index contributed by atoms with van der Waals surface area (Å²) in [6, 6.07) is 5.95. The summed E-state index contributed by atoms with van der Waals surface area (Å²) in [4.78, 5) is 10.1. The van der Waals surface area contributed by atoms with Crippen molar-refractivity contribution in [3.8, 4) is 0 Å². The van der Waals surface area contributed by atoms with Crippen LogP contribution >= 0.6 is 0 Å².